The summed E-state index contributed by atoms with van der Waals surface area (Å²) in [5.74, 6) is -6.70. The average Bonchev–Trinajstić information content (AvgIpc) is 3.28. The van der Waals surface area contributed by atoms with E-state index >= 15 is 0 Å². The van der Waals surface area contributed by atoms with Crippen molar-refractivity contribution in [3.63, 3.8) is 0 Å². The summed E-state index contributed by atoms with van der Waals surface area (Å²) in [7, 11) is -12.5. The second kappa shape index (κ2) is 30.8. The van der Waals surface area contributed by atoms with Crippen LogP contribution in [0.5, 0.6) is 0 Å². The molecule has 77 heavy (non-hydrogen) atoms. The van der Waals surface area contributed by atoms with Gasteiger partial charge in [-0.05, 0) is 133 Å². The summed E-state index contributed by atoms with van der Waals surface area (Å²) >= 11 is 0. The van der Waals surface area contributed by atoms with Crippen LogP contribution in [0.4, 0.5) is 0 Å². The number of esters is 3. The van der Waals surface area contributed by atoms with E-state index in [0.717, 1.165) is 16.7 Å². The Morgan fingerprint density at radius 1 is 0.416 bits per heavy atom. The lowest BCUT2D eigenvalue weighted by Gasteiger charge is -2.37. The molecule has 0 bridgehead atoms. The number of hydrogen-bond acceptors (Lipinski definition) is 15. The Labute approximate surface area is 462 Å². The smallest absolute Gasteiger partial charge is 0.339 e. The highest BCUT2D eigenvalue weighted by Gasteiger charge is 2.48. The summed E-state index contributed by atoms with van der Waals surface area (Å²) in [6.45, 7) is 29.2. The SMILES string of the molecule is C[Si](C)(C)O[Si](C)(C)O[Si](C)(C)CCCOC(CC(=O)O)(CC(=O)O)C(=O)O.C[Si](C)(C)O[Si](C)(C)O[Si](C)(C)CCCOC(CC(=O)OCc1ccccc1)(CC(=O)OCc1ccccc1)C(=O)OCc1ccccc1. The normalized spacial score (nSPS) is 12.7. The summed E-state index contributed by atoms with van der Waals surface area (Å²) in [5.41, 5.74) is -1.93. The number of carbonyl (C=O) groups excluding carboxylic acids is 3. The number of aliphatic carboxylic acids is 3. The molecule has 3 rings (SSSR count). The van der Waals surface area contributed by atoms with Crippen molar-refractivity contribution in [2.75, 3.05) is 13.2 Å². The third-order valence-electron chi connectivity index (χ3n) is 10.9. The molecule has 0 aliphatic carbocycles. The minimum atomic E-state index is -2.36. The predicted molar refractivity (Wildman–Crippen MR) is 307 cm³/mol. The van der Waals surface area contributed by atoms with Crippen LogP contribution in [0.25, 0.3) is 0 Å². The summed E-state index contributed by atoms with van der Waals surface area (Å²) in [5, 5.41) is 27.3. The number of benzene rings is 3. The summed E-state index contributed by atoms with van der Waals surface area (Å²) in [6.07, 6.45) is -1.94. The molecule has 0 radical (unpaired) electrons. The molecular weight excluding hydrogens is 1090 g/mol. The molecule has 0 unspecified atom stereocenters. The Morgan fingerprint density at radius 3 is 1.03 bits per heavy atom. The van der Waals surface area contributed by atoms with Gasteiger partial charge in [0.25, 0.3) is 0 Å². The molecule has 24 heteroatoms. The number of rotatable bonds is 34. The fraction of sp³-hybridized carbons (Fsp3) is 0.547. The van der Waals surface area contributed by atoms with E-state index in [2.05, 4.69) is 65.5 Å². The summed E-state index contributed by atoms with van der Waals surface area (Å²) in [4.78, 5) is 74.2. The van der Waals surface area contributed by atoms with E-state index in [-0.39, 0.29) is 33.0 Å². The summed E-state index contributed by atoms with van der Waals surface area (Å²) < 4.78 is 54.1. The zero-order valence-corrected chi connectivity index (χ0v) is 53.8. The van der Waals surface area contributed by atoms with E-state index in [1.165, 1.54) is 0 Å². The molecule has 0 aliphatic rings. The molecule has 0 saturated carbocycles. The van der Waals surface area contributed by atoms with Crippen LogP contribution < -0.4 is 0 Å². The first-order chi connectivity index (χ1) is 35.5. The Balaban J connectivity index is 0.000000617. The highest BCUT2D eigenvalue weighted by Crippen LogP contribution is 2.30. The van der Waals surface area contributed by atoms with Crippen molar-refractivity contribution in [3.8, 4) is 0 Å². The van der Waals surface area contributed by atoms with E-state index in [1.54, 1.807) is 0 Å². The van der Waals surface area contributed by atoms with Crippen LogP contribution in [0.3, 0.4) is 0 Å². The molecule has 0 aliphatic heterocycles. The second-order valence-corrected chi connectivity index (χ2v) is 48.4. The molecule has 0 atom stereocenters. The molecule has 0 fully saturated rings. The van der Waals surface area contributed by atoms with Gasteiger partial charge in [-0.2, -0.15) is 0 Å². The fourth-order valence-electron chi connectivity index (χ4n) is 8.61. The van der Waals surface area contributed by atoms with Gasteiger partial charge >= 0.3 is 52.9 Å². The van der Waals surface area contributed by atoms with Gasteiger partial charge in [-0.25, -0.2) is 9.59 Å². The fourth-order valence-corrected chi connectivity index (χ4v) is 34.9. The molecule has 0 amide bonds. The minimum absolute atomic E-state index is 0.00354. The monoisotopic (exact) mass is 1180 g/mol. The van der Waals surface area contributed by atoms with Crippen molar-refractivity contribution < 1.29 is 84.2 Å². The van der Waals surface area contributed by atoms with Gasteiger partial charge in [0.15, 0.2) is 44.5 Å². The third kappa shape index (κ3) is 29.4. The van der Waals surface area contributed by atoms with Gasteiger partial charge in [-0.15, -0.1) is 0 Å². The van der Waals surface area contributed by atoms with Crippen molar-refractivity contribution in [1.29, 1.82) is 0 Å². The maximum atomic E-state index is 14.0. The molecule has 3 aromatic rings. The number of ether oxygens (including phenoxy) is 5. The Kier molecular flexibility index (Phi) is 27.4. The van der Waals surface area contributed by atoms with E-state index in [4.69, 9.17) is 50.4 Å². The quantitative estimate of drug-likeness (QED) is 0.0218. The third-order valence-corrected chi connectivity index (χ3v) is 31.2. The Bertz CT molecular complexity index is 2250. The molecule has 430 valence electrons. The van der Waals surface area contributed by atoms with Gasteiger partial charge in [0.1, 0.15) is 19.8 Å². The second-order valence-electron chi connectivity index (χ2n) is 23.0. The lowest BCUT2D eigenvalue weighted by Crippen LogP contribution is -2.51. The van der Waals surface area contributed by atoms with Crippen molar-refractivity contribution in [2.45, 2.75) is 173 Å². The van der Waals surface area contributed by atoms with Gasteiger partial charge < -0.3 is 55.5 Å². The van der Waals surface area contributed by atoms with Gasteiger partial charge in [0.2, 0.25) is 0 Å². The molecule has 0 spiro atoms. The van der Waals surface area contributed by atoms with Crippen LogP contribution in [0.15, 0.2) is 91.0 Å². The minimum Gasteiger partial charge on any atom is -0.481 e. The lowest BCUT2D eigenvalue weighted by molar-refractivity contribution is -0.187. The molecule has 0 saturated heterocycles. The summed E-state index contributed by atoms with van der Waals surface area (Å²) in [6, 6.07) is 29.0. The van der Waals surface area contributed by atoms with Crippen LogP contribution in [0.1, 0.15) is 55.2 Å². The van der Waals surface area contributed by atoms with E-state index in [0.29, 0.717) is 24.9 Å². The molecule has 0 aromatic heterocycles. The van der Waals surface area contributed by atoms with Gasteiger partial charge in [-0.3, -0.25) is 19.2 Å². The number of carboxylic acid groups (broad SMARTS) is 3. The standard InChI is InChI=1S/C37H52O9Si3.C16H34O9Si3/c1-47(2,3)45-49(6,7)46-48(4,5)25-17-24-44-37(36(40)43-30-33-22-15-10-16-23-33,26-34(38)41-28-31-18-11-8-12-19-31)27-35(39)42-29-32-20-13-9-14-21-32;1-26(2,3)24-28(6,7)25-27(4,5)10-8-9-23-16(15(21)22,11-13(17)18)12-14(19)20/h8-16,18-23H,17,24-30H2,1-7H3;8-12H2,1-7H3,(H,17,18)(H,19,20)(H,21,22). The van der Waals surface area contributed by atoms with E-state index in [9.17, 15) is 33.9 Å². The first-order valence-electron chi connectivity index (χ1n) is 25.8. The molecule has 3 aromatic carbocycles. The van der Waals surface area contributed by atoms with Gasteiger partial charge in [0.05, 0.1) is 25.7 Å². The number of hydrogen-bond donors (Lipinski definition) is 3. The molecule has 3 N–H and O–H groups in total. The van der Waals surface area contributed by atoms with E-state index in [1.807, 2.05) is 117 Å². The Morgan fingerprint density at radius 2 is 0.727 bits per heavy atom. The number of carbonyl (C=O) groups is 6. The highest BCUT2D eigenvalue weighted by molar-refractivity contribution is 6.88. The first kappa shape index (κ1) is 68.6. The first-order valence-corrected chi connectivity index (χ1v) is 44.5. The number of carboxylic acids is 3. The zero-order valence-electron chi connectivity index (χ0n) is 47.8. The zero-order chi connectivity index (χ0) is 58.4. The molecule has 18 nitrogen and oxygen atoms in total. The van der Waals surface area contributed by atoms with E-state index < -0.39 is 123 Å². The topological polar surface area (TPSA) is 246 Å². The maximum absolute atomic E-state index is 14.0. The van der Waals surface area contributed by atoms with Gasteiger partial charge in [-0.1, -0.05) is 91.0 Å². The van der Waals surface area contributed by atoms with Crippen LogP contribution >= 0.6 is 0 Å². The average molecular weight is 1180 g/mol. The largest absolute Gasteiger partial charge is 0.481 e. The molecule has 0 heterocycles. The van der Waals surface area contributed by atoms with Crippen molar-refractivity contribution in [1.82, 2.24) is 0 Å². The van der Waals surface area contributed by atoms with Gasteiger partial charge in [0, 0.05) is 13.2 Å². The Hall–Kier alpha value is -4.46. The maximum Gasteiger partial charge on any atom is 0.339 e. The van der Waals surface area contributed by atoms with Crippen molar-refractivity contribution in [3.05, 3.63) is 108 Å². The molecular formula is C53H86O18Si6. The van der Waals surface area contributed by atoms with Crippen LogP contribution in [0.2, 0.25) is 104 Å². The predicted octanol–water partition coefficient (Wildman–Crippen LogP) is 10.9. The van der Waals surface area contributed by atoms with Crippen molar-refractivity contribution >= 4 is 86.2 Å². The van der Waals surface area contributed by atoms with Crippen molar-refractivity contribution in [2.24, 2.45) is 0 Å². The van der Waals surface area contributed by atoms with Crippen LogP contribution in [0, 0.1) is 0 Å². The lowest BCUT2D eigenvalue weighted by atomic mass is 9.94. The van der Waals surface area contributed by atoms with Crippen LogP contribution in [-0.2, 0) is 88.7 Å². The van der Waals surface area contributed by atoms with Crippen LogP contribution in [-0.4, -0.2) is 126 Å². The highest BCUT2D eigenvalue weighted by atomic mass is 28.5.